The van der Waals surface area contributed by atoms with Gasteiger partial charge in [0.05, 0.1) is 0 Å². The van der Waals surface area contributed by atoms with Gasteiger partial charge in [0.1, 0.15) is 0 Å². The third-order valence-corrected chi connectivity index (χ3v) is 10.6. The number of rotatable bonds is 9. The van der Waals surface area contributed by atoms with Crippen molar-refractivity contribution in [3.05, 3.63) is 0 Å². The molecule has 0 saturated carbocycles. The predicted molar refractivity (Wildman–Crippen MR) is 64.9 cm³/mol. The van der Waals surface area contributed by atoms with Crippen LogP contribution in [0.1, 0.15) is 59.3 Å². The fraction of sp³-hybridized carbons (Fsp3) is 1.00. The quantitative estimate of drug-likeness (QED) is 0.254. The van der Waals surface area contributed by atoms with Crippen LogP contribution in [0, 0.1) is 0 Å². The van der Waals surface area contributed by atoms with E-state index in [1.165, 1.54) is 38.5 Å². The van der Waals surface area contributed by atoms with Gasteiger partial charge < -0.3 is 48.0 Å². The van der Waals surface area contributed by atoms with Crippen molar-refractivity contribution in [2.24, 2.45) is 0 Å². The molecule has 0 aliphatic rings. The summed E-state index contributed by atoms with van der Waals surface area (Å²) in [6, 6.07) is 0. The summed E-state index contributed by atoms with van der Waals surface area (Å²) in [5.41, 5.74) is 0. The Labute approximate surface area is 139 Å². The number of hydrogen-bond donors (Lipinski definition) is 0. The maximum Gasteiger partial charge on any atom is -1.00 e. The van der Waals surface area contributed by atoms with E-state index in [2.05, 4.69) is 20.8 Å². The molecule has 0 bridgehead atoms. The van der Waals surface area contributed by atoms with E-state index in [1.54, 1.807) is 13.1 Å². The van der Waals surface area contributed by atoms with Crippen LogP contribution in [0.15, 0.2) is 0 Å². The molecule has 0 aromatic rings. The van der Waals surface area contributed by atoms with Gasteiger partial charge in [-0.15, -0.1) is 0 Å². The molecular formula is C12H27I2Sb-2. The van der Waals surface area contributed by atoms with Gasteiger partial charge >= 0.3 is 92.6 Å². The maximum atomic E-state index is 2.33. The Bertz CT molecular complexity index is 80.6. The first-order valence-electron chi connectivity index (χ1n) is 6.07. The summed E-state index contributed by atoms with van der Waals surface area (Å²) >= 11 is -0.712. The molecule has 0 heterocycles. The molecule has 96 valence electrons. The van der Waals surface area contributed by atoms with E-state index >= 15 is 0 Å². The average Bonchev–Trinajstić information content (AvgIpc) is 2.17. The van der Waals surface area contributed by atoms with Crippen molar-refractivity contribution in [1.82, 2.24) is 0 Å². The molecule has 0 spiro atoms. The average molecular weight is 547 g/mol. The number of halogens is 2. The summed E-state index contributed by atoms with van der Waals surface area (Å²) in [5.74, 6) is 0. The third kappa shape index (κ3) is 16.3. The molecule has 0 unspecified atom stereocenters. The minimum Gasteiger partial charge on any atom is -1.00 e. The van der Waals surface area contributed by atoms with Crippen LogP contribution in [0.4, 0.5) is 0 Å². The van der Waals surface area contributed by atoms with Crippen LogP contribution in [-0.2, 0) is 0 Å². The second kappa shape index (κ2) is 18.6. The molecular weight excluding hydrogens is 520 g/mol. The Balaban J connectivity index is -0.000000720. The van der Waals surface area contributed by atoms with Crippen LogP contribution in [0.2, 0.25) is 13.1 Å². The van der Waals surface area contributed by atoms with Crippen LogP contribution in [0.25, 0.3) is 0 Å². The standard InChI is InChI=1S/3C4H9.2HI.Sb/c3*1-3-4-2;;;/h3*1,3-4H2,2H3;2*1H;/p-2. The Kier molecular flexibility index (Phi) is 27.9. The summed E-state index contributed by atoms with van der Waals surface area (Å²) in [6.45, 7) is 6.99. The van der Waals surface area contributed by atoms with E-state index in [0.717, 1.165) is 0 Å². The molecule has 0 aliphatic heterocycles. The SMILES string of the molecule is CCC[CH2][Sb]([CH2]CCC)[CH2]CCC.[I-].[I-]. The van der Waals surface area contributed by atoms with Gasteiger partial charge in [-0.1, -0.05) is 0 Å². The van der Waals surface area contributed by atoms with Crippen LogP contribution in [-0.4, -0.2) is 20.2 Å². The molecule has 0 aliphatic carbocycles. The largest absolute Gasteiger partial charge is 1.00 e. The van der Waals surface area contributed by atoms with Crippen molar-refractivity contribution in [3.8, 4) is 0 Å². The van der Waals surface area contributed by atoms with Crippen molar-refractivity contribution in [2.75, 3.05) is 0 Å². The van der Waals surface area contributed by atoms with Gasteiger partial charge in [0.25, 0.3) is 0 Å². The zero-order valence-electron chi connectivity index (χ0n) is 10.6. The van der Waals surface area contributed by atoms with E-state index in [0.29, 0.717) is 0 Å². The maximum absolute atomic E-state index is 2.33. The Morgan fingerprint density at radius 1 is 0.600 bits per heavy atom. The molecule has 0 N–H and O–H groups in total. The second-order valence-electron chi connectivity index (χ2n) is 3.90. The van der Waals surface area contributed by atoms with Crippen molar-refractivity contribution in [1.29, 1.82) is 0 Å². The molecule has 0 radical (unpaired) electrons. The zero-order chi connectivity index (χ0) is 9.94. The Morgan fingerprint density at radius 3 is 1.07 bits per heavy atom. The second-order valence-corrected chi connectivity index (χ2v) is 11.6. The van der Waals surface area contributed by atoms with Gasteiger partial charge in [0.15, 0.2) is 0 Å². The van der Waals surface area contributed by atoms with E-state index in [-0.39, 0.29) is 48.0 Å². The minimum absolute atomic E-state index is 0. The molecule has 0 nitrogen and oxygen atoms in total. The van der Waals surface area contributed by atoms with Crippen molar-refractivity contribution >= 4 is 20.2 Å². The van der Waals surface area contributed by atoms with E-state index in [1.807, 2.05) is 0 Å². The van der Waals surface area contributed by atoms with Crippen LogP contribution in [0.5, 0.6) is 0 Å². The van der Waals surface area contributed by atoms with Gasteiger partial charge in [-0.05, 0) is 0 Å². The van der Waals surface area contributed by atoms with E-state index in [4.69, 9.17) is 0 Å². The molecule has 0 rings (SSSR count). The van der Waals surface area contributed by atoms with Gasteiger partial charge in [-0.2, -0.15) is 0 Å². The smallest absolute Gasteiger partial charge is 1.00 e. The Morgan fingerprint density at radius 2 is 0.867 bits per heavy atom. The van der Waals surface area contributed by atoms with Crippen LogP contribution in [0.3, 0.4) is 0 Å². The molecule has 0 saturated heterocycles. The Hall–Kier alpha value is 2.28. The van der Waals surface area contributed by atoms with Crippen molar-refractivity contribution in [2.45, 2.75) is 72.4 Å². The monoisotopic (exact) mass is 546 g/mol. The number of unbranched alkanes of at least 4 members (excludes halogenated alkanes) is 3. The first-order valence-corrected chi connectivity index (χ1v) is 11.5. The first kappa shape index (κ1) is 22.5. The molecule has 0 aromatic heterocycles. The van der Waals surface area contributed by atoms with Gasteiger partial charge in [-0.25, -0.2) is 0 Å². The normalized spacial score (nSPS) is 9.60. The van der Waals surface area contributed by atoms with Crippen LogP contribution >= 0.6 is 0 Å². The van der Waals surface area contributed by atoms with Crippen molar-refractivity contribution in [3.63, 3.8) is 0 Å². The summed E-state index contributed by atoms with van der Waals surface area (Å²) in [5, 5.41) is 0. The summed E-state index contributed by atoms with van der Waals surface area (Å²) in [4.78, 5) is 0. The van der Waals surface area contributed by atoms with E-state index in [9.17, 15) is 0 Å². The molecule has 3 heteroatoms. The number of hydrogen-bond acceptors (Lipinski definition) is 0. The zero-order valence-corrected chi connectivity index (χ0v) is 17.4. The molecule has 0 amide bonds. The summed E-state index contributed by atoms with van der Waals surface area (Å²) in [6.07, 6.45) is 8.82. The minimum atomic E-state index is -0.712. The topological polar surface area (TPSA) is 0 Å². The summed E-state index contributed by atoms with van der Waals surface area (Å²) in [7, 11) is 0. The van der Waals surface area contributed by atoms with Gasteiger partial charge in [-0.3, -0.25) is 0 Å². The van der Waals surface area contributed by atoms with Gasteiger partial charge in [0, 0.05) is 0 Å². The predicted octanol–water partition coefficient (Wildman–Crippen LogP) is -1.11. The molecule has 15 heavy (non-hydrogen) atoms. The fourth-order valence-corrected chi connectivity index (χ4v) is 9.93. The third-order valence-electron chi connectivity index (χ3n) is 2.48. The summed E-state index contributed by atoms with van der Waals surface area (Å²) < 4.78 is 5.00. The van der Waals surface area contributed by atoms with Crippen molar-refractivity contribution < 1.29 is 48.0 Å². The van der Waals surface area contributed by atoms with Crippen LogP contribution < -0.4 is 48.0 Å². The van der Waals surface area contributed by atoms with Gasteiger partial charge in [0.2, 0.25) is 0 Å². The molecule has 0 fully saturated rings. The molecule has 0 atom stereocenters. The first-order chi connectivity index (χ1) is 6.35. The van der Waals surface area contributed by atoms with E-state index < -0.39 is 20.2 Å². The fourth-order valence-electron chi connectivity index (χ4n) is 1.48. The molecule has 0 aromatic carbocycles.